The van der Waals surface area contributed by atoms with Crippen LogP contribution in [0, 0.1) is 5.92 Å². The van der Waals surface area contributed by atoms with Gasteiger partial charge in [-0.25, -0.2) is 4.79 Å². The Balaban J connectivity index is 2.78. The van der Waals surface area contributed by atoms with E-state index in [1.165, 1.54) is 32.1 Å². The van der Waals surface area contributed by atoms with Crippen LogP contribution in [0.2, 0.25) is 0 Å². The Labute approximate surface area is 124 Å². The fourth-order valence-electron chi connectivity index (χ4n) is 3.05. The molecule has 0 heterocycles. The zero-order chi connectivity index (χ0) is 14.8. The van der Waals surface area contributed by atoms with Crippen LogP contribution in [0.3, 0.4) is 0 Å². The Morgan fingerprint density at radius 1 is 1.25 bits per heavy atom. The van der Waals surface area contributed by atoms with E-state index in [4.69, 9.17) is 14.6 Å². The smallest absolute Gasteiger partial charge is 0.338 e. The molecular weight excluding hydrogens is 275 g/mol. The molecule has 0 amide bonds. The number of esters is 1. The normalized spacial score (nSPS) is 20.1. The maximum absolute atomic E-state index is 12.4. The van der Waals surface area contributed by atoms with E-state index in [1.54, 1.807) is 0 Å². The summed E-state index contributed by atoms with van der Waals surface area (Å²) in [6.45, 7) is 4.61. The van der Waals surface area contributed by atoms with Gasteiger partial charge < -0.3 is 14.6 Å². The number of aliphatic hydroxyl groups is 1. The molecule has 1 fully saturated rings. The van der Waals surface area contributed by atoms with Crippen molar-refractivity contribution in [1.29, 1.82) is 0 Å². The number of carbonyl (C=O) groups excluding carboxylic acids is 1. The molecule has 1 rings (SSSR count). The van der Waals surface area contributed by atoms with E-state index in [0.717, 1.165) is 6.42 Å². The Bertz CT molecular complexity index is 279. The molecular formula is C15H29O4P. The van der Waals surface area contributed by atoms with E-state index in [2.05, 4.69) is 0 Å². The van der Waals surface area contributed by atoms with Crippen LogP contribution < -0.4 is 0 Å². The van der Waals surface area contributed by atoms with Crippen LogP contribution in [-0.2, 0) is 14.3 Å². The number of rotatable bonds is 9. The standard InChI is InChI=1S/C15H29O4P/c1-3-18-14(17)15(19-4-2,11-20-12-16)10-13-8-6-5-7-9-13/h13,16,20H,3-12H2,1-2H3. The second kappa shape index (κ2) is 9.70. The van der Waals surface area contributed by atoms with Crippen molar-refractivity contribution in [3.8, 4) is 0 Å². The number of hydrogen-bond acceptors (Lipinski definition) is 4. The summed E-state index contributed by atoms with van der Waals surface area (Å²) in [7, 11) is 0.324. The van der Waals surface area contributed by atoms with E-state index in [9.17, 15) is 4.79 Å². The average molecular weight is 304 g/mol. The molecule has 20 heavy (non-hydrogen) atoms. The minimum Gasteiger partial charge on any atom is -0.464 e. The van der Waals surface area contributed by atoms with Gasteiger partial charge in [-0.1, -0.05) is 40.7 Å². The minimum absolute atomic E-state index is 0.110. The SMILES string of the molecule is CCOC(=O)C(CPCO)(CC1CCCCC1)OCC. The molecule has 0 aromatic rings. The van der Waals surface area contributed by atoms with E-state index >= 15 is 0 Å². The summed E-state index contributed by atoms with van der Waals surface area (Å²) >= 11 is 0. The van der Waals surface area contributed by atoms with E-state index in [0.29, 0.717) is 33.9 Å². The molecule has 0 saturated heterocycles. The molecule has 0 aromatic carbocycles. The van der Waals surface area contributed by atoms with Crippen molar-refractivity contribution in [3.05, 3.63) is 0 Å². The van der Waals surface area contributed by atoms with Crippen LogP contribution in [0.1, 0.15) is 52.4 Å². The van der Waals surface area contributed by atoms with E-state index in [-0.39, 0.29) is 12.3 Å². The molecule has 0 spiro atoms. The van der Waals surface area contributed by atoms with Crippen molar-refractivity contribution in [2.24, 2.45) is 5.92 Å². The van der Waals surface area contributed by atoms with Gasteiger partial charge in [0.15, 0.2) is 5.60 Å². The first-order valence-corrected chi connectivity index (χ1v) is 9.22. The quantitative estimate of drug-likeness (QED) is 0.525. The minimum atomic E-state index is -0.839. The van der Waals surface area contributed by atoms with Crippen molar-refractivity contribution in [2.45, 2.75) is 58.0 Å². The maximum atomic E-state index is 12.4. The number of aliphatic hydroxyl groups excluding tert-OH is 1. The van der Waals surface area contributed by atoms with Crippen LogP contribution in [0.25, 0.3) is 0 Å². The highest BCUT2D eigenvalue weighted by molar-refractivity contribution is 7.37. The lowest BCUT2D eigenvalue weighted by molar-refractivity contribution is -0.171. The zero-order valence-corrected chi connectivity index (χ0v) is 13.8. The van der Waals surface area contributed by atoms with Gasteiger partial charge in [-0.3, -0.25) is 0 Å². The molecule has 0 radical (unpaired) electrons. The summed E-state index contributed by atoms with van der Waals surface area (Å²) in [4.78, 5) is 12.4. The predicted octanol–water partition coefficient (Wildman–Crippen LogP) is 2.92. The third-order valence-electron chi connectivity index (χ3n) is 3.93. The molecule has 0 aliphatic heterocycles. The summed E-state index contributed by atoms with van der Waals surface area (Å²) in [5, 5.41) is 9.12. The largest absolute Gasteiger partial charge is 0.464 e. The van der Waals surface area contributed by atoms with Gasteiger partial charge in [0.25, 0.3) is 0 Å². The third-order valence-corrected chi connectivity index (χ3v) is 4.98. The van der Waals surface area contributed by atoms with Gasteiger partial charge in [0.05, 0.1) is 13.0 Å². The molecule has 2 atom stereocenters. The van der Waals surface area contributed by atoms with Crippen molar-refractivity contribution in [2.75, 3.05) is 25.7 Å². The van der Waals surface area contributed by atoms with Crippen molar-refractivity contribution < 1.29 is 19.4 Å². The van der Waals surface area contributed by atoms with E-state index in [1.807, 2.05) is 13.8 Å². The van der Waals surface area contributed by atoms with E-state index < -0.39 is 5.60 Å². The van der Waals surface area contributed by atoms with Crippen LogP contribution in [-0.4, -0.2) is 42.4 Å². The fourth-order valence-corrected chi connectivity index (χ4v) is 3.96. The summed E-state index contributed by atoms with van der Waals surface area (Å²) in [5.41, 5.74) is -0.839. The highest BCUT2D eigenvalue weighted by atomic mass is 31.1. The second-order valence-electron chi connectivity index (χ2n) is 5.44. The summed E-state index contributed by atoms with van der Waals surface area (Å²) in [6, 6.07) is 0. The Morgan fingerprint density at radius 3 is 2.50 bits per heavy atom. The molecule has 118 valence electrons. The second-order valence-corrected chi connectivity index (χ2v) is 6.61. The van der Waals surface area contributed by atoms with Crippen LogP contribution >= 0.6 is 8.58 Å². The van der Waals surface area contributed by atoms with Crippen molar-refractivity contribution in [1.82, 2.24) is 0 Å². The van der Waals surface area contributed by atoms with Gasteiger partial charge in [0.1, 0.15) is 0 Å². The van der Waals surface area contributed by atoms with Gasteiger partial charge in [-0.15, -0.1) is 0 Å². The monoisotopic (exact) mass is 304 g/mol. The highest BCUT2D eigenvalue weighted by Gasteiger charge is 2.42. The first kappa shape index (κ1) is 17.9. The van der Waals surface area contributed by atoms with Gasteiger partial charge in [0, 0.05) is 12.8 Å². The average Bonchev–Trinajstić information content (AvgIpc) is 2.46. The molecule has 1 saturated carbocycles. The lowest BCUT2D eigenvalue weighted by Crippen LogP contribution is -2.47. The summed E-state index contributed by atoms with van der Waals surface area (Å²) < 4.78 is 11.1. The maximum Gasteiger partial charge on any atom is 0.338 e. The lowest BCUT2D eigenvalue weighted by Gasteiger charge is -2.35. The first-order valence-electron chi connectivity index (χ1n) is 7.81. The van der Waals surface area contributed by atoms with Gasteiger partial charge >= 0.3 is 5.97 Å². The summed E-state index contributed by atoms with van der Waals surface area (Å²) in [5.74, 6) is 0.302. The molecule has 5 heteroatoms. The summed E-state index contributed by atoms with van der Waals surface area (Å²) in [6.07, 6.45) is 7.58. The van der Waals surface area contributed by atoms with Gasteiger partial charge in [-0.05, 0) is 26.2 Å². The molecule has 2 unspecified atom stereocenters. The Morgan fingerprint density at radius 2 is 1.95 bits per heavy atom. The molecule has 1 aliphatic carbocycles. The van der Waals surface area contributed by atoms with Crippen LogP contribution in [0.4, 0.5) is 0 Å². The topological polar surface area (TPSA) is 55.8 Å². The van der Waals surface area contributed by atoms with Crippen molar-refractivity contribution >= 4 is 14.6 Å². The Hall–Kier alpha value is -0.180. The Kier molecular flexibility index (Phi) is 8.67. The lowest BCUT2D eigenvalue weighted by atomic mass is 9.81. The van der Waals surface area contributed by atoms with Gasteiger partial charge in [0.2, 0.25) is 0 Å². The molecule has 0 aromatic heterocycles. The third kappa shape index (κ3) is 5.31. The van der Waals surface area contributed by atoms with Gasteiger partial charge in [-0.2, -0.15) is 0 Å². The van der Waals surface area contributed by atoms with Crippen LogP contribution in [0.5, 0.6) is 0 Å². The van der Waals surface area contributed by atoms with Crippen molar-refractivity contribution in [3.63, 3.8) is 0 Å². The highest BCUT2D eigenvalue weighted by Crippen LogP contribution is 2.36. The number of hydrogen-bond donors (Lipinski definition) is 1. The number of carbonyl (C=O) groups is 1. The molecule has 4 nitrogen and oxygen atoms in total. The fraction of sp³-hybridized carbons (Fsp3) is 0.933. The molecule has 0 bridgehead atoms. The predicted molar refractivity (Wildman–Crippen MR) is 82.4 cm³/mol. The number of ether oxygens (including phenoxy) is 2. The first-order chi connectivity index (χ1) is 9.68. The zero-order valence-electron chi connectivity index (χ0n) is 12.8. The van der Waals surface area contributed by atoms with Crippen LogP contribution in [0.15, 0.2) is 0 Å². The molecule has 1 aliphatic rings. The molecule has 1 N–H and O–H groups in total.